The number of piperidine rings is 1. The van der Waals surface area contributed by atoms with Gasteiger partial charge in [0.05, 0.1) is 10.8 Å². The number of H-pyrrole nitrogens is 1. The lowest BCUT2D eigenvalue weighted by Crippen LogP contribution is -2.47. The number of fused-ring (bicyclic) bond motifs is 1. The maximum Gasteiger partial charge on any atom is 0.269 e. The highest BCUT2D eigenvalue weighted by atomic mass is 35.5. The van der Waals surface area contributed by atoms with Crippen LogP contribution in [0.5, 0.6) is 0 Å². The second-order valence-corrected chi connectivity index (χ2v) is 8.54. The van der Waals surface area contributed by atoms with Gasteiger partial charge in [-0.05, 0) is 25.8 Å². The van der Waals surface area contributed by atoms with Crippen LogP contribution in [0.3, 0.4) is 0 Å². The van der Waals surface area contributed by atoms with E-state index in [9.17, 15) is 13.2 Å². The molecule has 130 valence electrons. The molecule has 6 nitrogen and oxygen atoms in total. The summed E-state index contributed by atoms with van der Waals surface area (Å²) in [4.78, 5) is 15.5. The zero-order valence-corrected chi connectivity index (χ0v) is 15.0. The van der Waals surface area contributed by atoms with Gasteiger partial charge >= 0.3 is 0 Å². The third kappa shape index (κ3) is 3.29. The van der Waals surface area contributed by atoms with Gasteiger partial charge in [0.2, 0.25) is 10.0 Å². The summed E-state index contributed by atoms with van der Waals surface area (Å²) in [5.41, 5.74) is 1.16. The van der Waals surface area contributed by atoms with Crippen LogP contribution < -0.4 is 5.32 Å². The van der Waals surface area contributed by atoms with Crippen molar-refractivity contribution < 1.29 is 13.2 Å². The Hall–Kier alpha value is -1.57. The van der Waals surface area contributed by atoms with E-state index in [0.717, 1.165) is 10.9 Å². The fourth-order valence-corrected chi connectivity index (χ4v) is 4.41. The number of aromatic nitrogens is 1. The number of sulfonamides is 1. The molecule has 0 spiro atoms. The first kappa shape index (κ1) is 17.3. The molecule has 0 bridgehead atoms. The largest absolute Gasteiger partial charge is 0.349 e. The fraction of sp³-hybridized carbons (Fsp3) is 0.438. The van der Waals surface area contributed by atoms with E-state index in [1.807, 2.05) is 24.3 Å². The molecule has 1 aliphatic heterocycles. The summed E-state index contributed by atoms with van der Waals surface area (Å²) in [6, 6.07) is 7.42. The lowest BCUT2D eigenvalue weighted by atomic mass is 10.1. The van der Waals surface area contributed by atoms with Crippen molar-refractivity contribution in [1.29, 1.82) is 0 Å². The number of para-hydroxylation sites is 1. The molecule has 3 rings (SSSR count). The maximum absolute atomic E-state index is 12.5. The summed E-state index contributed by atoms with van der Waals surface area (Å²) in [7, 11) is -3.16. The number of carbonyl (C=O) groups is 1. The van der Waals surface area contributed by atoms with Gasteiger partial charge in [-0.2, -0.15) is 0 Å². The minimum atomic E-state index is -3.16. The highest BCUT2D eigenvalue weighted by Crippen LogP contribution is 2.27. The Morgan fingerprint density at radius 1 is 1.33 bits per heavy atom. The molecule has 0 atom stereocenters. The molecule has 2 heterocycles. The van der Waals surface area contributed by atoms with Gasteiger partial charge in [-0.15, -0.1) is 0 Å². The number of hydrogen-bond acceptors (Lipinski definition) is 3. The third-order valence-electron chi connectivity index (χ3n) is 4.42. The molecule has 0 unspecified atom stereocenters. The van der Waals surface area contributed by atoms with E-state index in [2.05, 4.69) is 10.3 Å². The fourth-order valence-electron chi connectivity index (χ4n) is 2.98. The smallest absolute Gasteiger partial charge is 0.269 e. The first-order valence-electron chi connectivity index (χ1n) is 7.97. The number of aromatic amines is 1. The summed E-state index contributed by atoms with van der Waals surface area (Å²) in [6.07, 6.45) is 1.20. The Bertz CT molecular complexity index is 855. The van der Waals surface area contributed by atoms with Crippen LogP contribution in [0.1, 0.15) is 30.3 Å². The summed E-state index contributed by atoms with van der Waals surface area (Å²) in [5, 5.41) is 4.18. The van der Waals surface area contributed by atoms with Crippen LogP contribution in [-0.2, 0) is 10.0 Å². The predicted molar refractivity (Wildman–Crippen MR) is 94.8 cm³/mol. The number of amides is 1. The molecule has 1 fully saturated rings. The van der Waals surface area contributed by atoms with E-state index in [4.69, 9.17) is 11.6 Å². The summed E-state index contributed by atoms with van der Waals surface area (Å²) in [6.45, 7) is 2.50. The third-order valence-corrected chi connectivity index (χ3v) is 6.69. The maximum atomic E-state index is 12.5. The standard InChI is InChI=1S/C16H20ClN3O3S/c1-2-24(22,23)20-9-7-11(8-10-20)18-16(21)15-14(17)12-5-3-4-6-13(12)19-15/h3-6,11,19H,2,7-10H2,1H3,(H,18,21). The van der Waals surface area contributed by atoms with Crippen molar-refractivity contribution >= 4 is 38.4 Å². The van der Waals surface area contributed by atoms with Crippen molar-refractivity contribution in [1.82, 2.24) is 14.6 Å². The van der Waals surface area contributed by atoms with E-state index in [1.54, 1.807) is 6.92 Å². The first-order valence-corrected chi connectivity index (χ1v) is 9.96. The lowest BCUT2D eigenvalue weighted by Gasteiger charge is -2.31. The number of rotatable bonds is 4. The molecule has 0 radical (unpaired) electrons. The van der Waals surface area contributed by atoms with Crippen molar-refractivity contribution in [3.05, 3.63) is 35.0 Å². The van der Waals surface area contributed by atoms with Gasteiger partial charge in [-0.25, -0.2) is 12.7 Å². The molecule has 2 aromatic rings. The van der Waals surface area contributed by atoms with Crippen LogP contribution >= 0.6 is 11.6 Å². The molecule has 1 aliphatic rings. The normalized spacial score (nSPS) is 17.2. The van der Waals surface area contributed by atoms with E-state index in [0.29, 0.717) is 36.6 Å². The van der Waals surface area contributed by atoms with Crippen molar-refractivity contribution in [2.24, 2.45) is 0 Å². The van der Waals surface area contributed by atoms with Crippen LogP contribution in [0.4, 0.5) is 0 Å². The molecule has 0 aliphatic carbocycles. The molecule has 1 aromatic heterocycles. The number of nitrogens with one attached hydrogen (secondary N) is 2. The monoisotopic (exact) mass is 369 g/mol. The zero-order valence-electron chi connectivity index (χ0n) is 13.4. The minimum absolute atomic E-state index is 0.0525. The van der Waals surface area contributed by atoms with Gasteiger partial charge in [0.1, 0.15) is 5.69 Å². The number of carbonyl (C=O) groups excluding carboxylic acids is 1. The van der Waals surface area contributed by atoms with Gasteiger partial charge in [0.25, 0.3) is 5.91 Å². The van der Waals surface area contributed by atoms with Crippen LogP contribution in [0, 0.1) is 0 Å². The SMILES string of the molecule is CCS(=O)(=O)N1CCC(NC(=O)c2[nH]c3ccccc3c2Cl)CC1. The van der Waals surface area contributed by atoms with Crippen LogP contribution in [0.2, 0.25) is 5.02 Å². The first-order chi connectivity index (χ1) is 11.4. The van der Waals surface area contributed by atoms with Gasteiger partial charge in [0.15, 0.2) is 0 Å². The molecule has 1 amide bonds. The Kier molecular flexibility index (Phi) is 4.85. The Morgan fingerprint density at radius 2 is 2.00 bits per heavy atom. The van der Waals surface area contributed by atoms with E-state index >= 15 is 0 Å². The highest BCUT2D eigenvalue weighted by Gasteiger charge is 2.28. The lowest BCUT2D eigenvalue weighted by molar-refractivity contribution is 0.0920. The average Bonchev–Trinajstić information content (AvgIpc) is 2.93. The summed E-state index contributed by atoms with van der Waals surface area (Å²) >= 11 is 6.29. The molecule has 1 saturated heterocycles. The number of hydrogen-bond donors (Lipinski definition) is 2. The second-order valence-electron chi connectivity index (χ2n) is 5.91. The summed E-state index contributed by atoms with van der Waals surface area (Å²) < 4.78 is 25.2. The molecular formula is C16H20ClN3O3S. The van der Waals surface area contributed by atoms with E-state index < -0.39 is 10.0 Å². The minimum Gasteiger partial charge on any atom is -0.349 e. The topological polar surface area (TPSA) is 82.3 Å². The number of benzene rings is 1. The van der Waals surface area contributed by atoms with E-state index in [1.165, 1.54) is 4.31 Å². The predicted octanol–water partition coefficient (Wildman–Crippen LogP) is 2.37. The van der Waals surface area contributed by atoms with Crippen molar-refractivity contribution in [3.8, 4) is 0 Å². The van der Waals surface area contributed by atoms with Crippen LogP contribution in [0.25, 0.3) is 10.9 Å². The summed E-state index contributed by atoms with van der Waals surface area (Å²) in [5.74, 6) is -0.151. The molecule has 1 aromatic carbocycles. The molecule has 24 heavy (non-hydrogen) atoms. The molecular weight excluding hydrogens is 350 g/mol. The van der Waals surface area contributed by atoms with Crippen LogP contribution in [-0.4, -0.2) is 48.5 Å². The van der Waals surface area contributed by atoms with Crippen molar-refractivity contribution in [3.63, 3.8) is 0 Å². The van der Waals surface area contributed by atoms with Crippen molar-refractivity contribution in [2.75, 3.05) is 18.8 Å². The highest BCUT2D eigenvalue weighted by molar-refractivity contribution is 7.89. The van der Waals surface area contributed by atoms with Gasteiger partial charge in [-0.1, -0.05) is 29.8 Å². The molecule has 0 saturated carbocycles. The van der Waals surface area contributed by atoms with Gasteiger partial charge in [-0.3, -0.25) is 4.79 Å². The quantitative estimate of drug-likeness (QED) is 0.867. The van der Waals surface area contributed by atoms with Crippen molar-refractivity contribution in [2.45, 2.75) is 25.8 Å². The second kappa shape index (κ2) is 6.74. The van der Waals surface area contributed by atoms with Gasteiger partial charge < -0.3 is 10.3 Å². The Balaban J connectivity index is 1.67. The molecule has 2 N–H and O–H groups in total. The van der Waals surface area contributed by atoms with E-state index in [-0.39, 0.29) is 17.7 Å². The molecule has 8 heteroatoms. The van der Waals surface area contributed by atoms with Crippen LogP contribution in [0.15, 0.2) is 24.3 Å². The average molecular weight is 370 g/mol. The van der Waals surface area contributed by atoms with Gasteiger partial charge in [0, 0.05) is 30.0 Å². The number of halogens is 1. The Morgan fingerprint density at radius 3 is 2.62 bits per heavy atom. The Labute approximate surface area is 146 Å². The zero-order chi connectivity index (χ0) is 17.3. The number of nitrogens with zero attached hydrogens (tertiary/aromatic N) is 1.